The molecule has 2 fully saturated rings. The van der Waals surface area contributed by atoms with Crippen molar-refractivity contribution < 1.29 is 14.3 Å². The largest absolute Gasteiger partial charge is 0.382 e. The van der Waals surface area contributed by atoms with Crippen LogP contribution in [0.3, 0.4) is 0 Å². The van der Waals surface area contributed by atoms with Crippen molar-refractivity contribution in [3.05, 3.63) is 0 Å². The normalized spacial score (nSPS) is 25.2. The lowest BCUT2D eigenvalue weighted by Crippen LogP contribution is -2.47. The molecular weight excluding hydrogens is 292 g/mol. The molecule has 124 valence electrons. The van der Waals surface area contributed by atoms with Gasteiger partial charge >= 0.3 is 0 Å². The van der Waals surface area contributed by atoms with Gasteiger partial charge in [0.25, 0.3) is 0 Å². The molecule has 0 aromatic rings. The van der Waals surface area contributed by atoms with Crippen LogP contribution >= 0.6 is 12.4 Å². The Bertz CT molecular complexity index is 309. The lowest BCUT2D eigenvalue weighted by molar-refractivity contribution is -0.142. The third kappa shape index (κ3) is 5.74. The maximum absolute atomic E-state index is 12.4. The van der Waals surface area contributed by atoms with Crippen LogP contribution in [0.5, 0.6) is 0 Å². The highest BCUT2D eigenvalue weighted by Crippen LogP contribution is 2.25. The molecule has 2 unspecified atom stereocenters. The number of morpholine rings is 1. The van der Waals surface area contributed by atoms with Gasteiger partial charge in [-0.15, -0.1) is 12.4 Å². The van der Waals surface area contributed by atoms with E-state index in [2.05, 4.69) is 12.2 Å². The van der Waals surface area contributed by atoms with Crippen LogP contribution in [0.1, 0.15) is 26.2 Å². The van der Waals surface area contributed by atoms with E-state index in [0.717, 1.165) is 19.6 Å². The van der Waals surface area contributed by atoms with E-state index < -0.39 is 0 Å². The van der Waals surface area contributed by atoms with E-state index in [4.69, 9.17) is 9.47 Å². The molecule has 0 aromatic carbocycles. The van der Waals surface area contributed by atoms with E-state index in [9.17, 15) is 4.79 Å². The summed E-state index contributed by atoms with van der Waals surface area (Å²) >= 11 is 0. The van der Waals surface area contributed by atoms with Crippen molar-refractivity contribution >= 4 is 18.3 Å². The van der Waals surface area contributed by atoms with Crippen molar-refractivity contribution in [2.24, 2.45) is 11.8 Å². The predicted molar refractivity (Wildman–Crippen MR) is 84.8 cm³/mol. The van der Waals surface area contributed by atoms with Gasteiger partial charge in [-0.25, -0.2) is 0 Å². The number of nitrogens with zero attached hydrogens (tertiary/aromatic N) is 1. The minimum Gasteiger partial charge on any atom is -0.382 e. The number of hydrogen-bond donors (Lipinski definition) is 1. The van der Waals surface area contributed by atoms with Crippen molar-refractivity contribution in [1.82, 2.24) is 10.2 Å². The first-order valence-corrected chi connectivity index (χ1v) is 7.79. The molecule has 0 bridgehead atoms. The second-order valence-electron chi connectivity index (χ2n) is 6.06. The first kappa shape index (κ1) is 18.7. The molecule has 0 aromatic heterocycles. The van der Waals surface area contributed by atoms with E-state index in [1.54, 1.807) is 7.11 Å². The second-order valence-corrected chi connectivity index (χ2v) is 6.06. The van der Waals surface area contributed by atoms with Crippen LogP contribution in [0.25, 0.3) is 0 Å². The first-order chi connectivity index (χ1) is 9.70. The summed E-state index contributed by atoms with van der Waals surface area (Å²) in [4.78, 5) is 14.4. The highest BCUT2D eigenvalue weighted by Gasteiger charge is 2.27. The lowest BCUT2D eigenvalue weighted by atomic mass is 9.84. The van der Waals surface area contributed by atoms with Crippen LogP contribution in [0.15, 0.2) is 0 Å². The SMILES string of the molecule is COCC1CN(C(=O)CC(C)C2CCNCC2)CCO1.Cl. The maximum Gasteiger partial charge on any atom is 0.223 e. The van der Waals surface area contributed by atoms with Gasteiger partial charge in [-0.3, -0.25) is 4.79 Å². The Morgan fingerprint density at radius 1 is 1.43 bits per heavy atom. The Hall–Kier alpha value is -0.360. The molecule has 5 nitrogen and oxygen atoms in total. The van der Waals surface area contributed by atoms with Crippen LogP contribution in [0, 0.1) is 11.8 Å². The Labute approximate surface area is 134 Å². The zero-order chi connectivity index (χ0) is 14.4. The summed E-state index contributed by atoms with van der Waals surface area (Å²) in [5.41, 5.74) is 0. The molecule has 0 saturated carbocycles. The zero-order valence-corrected chi connectivity index (χ0v) is 14.0. The van der Waals surface area contributed by atoms with Gasteiger partial charge in [0.05, 0.1) is 19.3 Å². The van der Waals surface area contributed by atoms with E-state index in [0.29, 0.717) is 38.0 Å². The van der Waals surface area contributed by atoms with Gasteiger partial charge in [0.15, 0.2) is 0 Å². The third-order valence-electron chi connectivity index (χ3n) is 4.53. The third-order valence-corrected chi connectivity index (χ3v) is 4.53. The van der Waals surface area contributed by atoms with Gasteiger partial charge in [-0.2, -0.15) is 0 Å². The molecule has 21 heavy (non-hydrogen) atoms. The number of ether oxygens (including phenoxy) is 2. The summed E-state index contributed by atoms with van der Waals surface area (Å²) in [6.45, 7) is 6.99. The van der Waals surface area contributed by atoms with Crippen molar-refractivity contribution in [2.45, 2.75) is 32.3 Å². The van der Waals surface area contributed by atoms with Gasteiger partial charge < -0.3 is 19.7 Å². The lowest BCUT2D eigenvalue weighted by Gasteiger charge is -2.34. The van der Waals surface area contributed by atoms with Crippen LogP contribution in [0.2, 0.25) is 0 Å². The Morgan fingerprint density at radius 2 is 2.14 bits per heavy atom. The number of piperidine rings is 1. The fourth-order valence-corrected chi connectivity index (χ4v) is 3.22. The van der Waals surface area contributed by atoms with E-state index >= 15 is 0 Å². The standard InChI is InChI=1S/C15H28N2O3.ClH/c1-12(13-3-5-16-6-4-13)9-15(18)17-7-8-20-14(10-17)11-19-2;/h12-14,16H,3-11H2,1-2H3;1H. The summed E-state index contributed by atoms with van der Waals surface area (Å²) in [7, 11) is 1.67. The topological polar surface area (TPSA) is 50.8 Å². The molecule has 0 aliphatic carbocycles. The molecule has 2 aliphatic heterocycles. The average molecular weight is 321 g/mol. The van der Waals surface area contributed by atoms with Crippen molar-refractivity contribution in [2.75, 3.05) is 46.5 Å². The first-order valence-electron chi connectivity index (χ1n) is 7.79. The number of carbonyl (C=O) groups is 1. The van der Waals surface area contributed by atoms with Gasteiger partial charge in [0.1, 0.15) is 0 Å². The Balaban J connectivity index is 0.00000220. The van der Waals surface area contributed by atoms with E-state index in [-0.39, 0.29) is 24.4 Å². The summed E-state index contributed by atoms with van der Waals surface area (Å²) in [5, 5.41) is 3.38. The summed E-state index contributed by atoms with van der Waals surface area (Å²) < 4.78 is 10.7. The number of halogens is 1. The molecular formula is C15H29ClN2O3. The molecule has 0 radical (unpaired) electrons. The zero-order valence-electron chi connectivity index (χ0n) is 13.2. The van der Waals surface area contributed by atoms with Crippen molar-refractivity contribution in [3.63, 3.8) is 0 Å². The quantitative estimate of drug-likeness (QED) is 0.830. The molecule has 2 atom stereocenters. The summed E-state index contributed by atoms with van der Waals surface area (Å²) in [6.07, 6.45) is 3.10. The minimum absolute atomic E-state index is 0. The number of carbonyl (C=O) groups excluding carboxylic acids is 1. The maximum atomic E-state index is 12.4. The fraction of sp³-hybridized carbons (Fsp3) is 0.933. The minimum atomic E-state index is 0. The Kier molecular flexibility index (Phi) is 8.56. The van der Waals surface area contributed by atoms with Crippen LogP contribution in [0.4, 0.5) is 0 Å². The Morgan fingerprint density at radius 3 is 2.81 bits per heavy atom. The number of rotatable bonds is 5. The molecule has 1 amide bonds. The number of amides is 1. The monoisotopic (exact) mass is 320 g/mol. The molecule has 6 heteroatoms. The predicted octanol–water partition coefficient (Wildman–Crippen LogP) is 1.31. The molecule has 0 spiro atoms. The molecule has 1 N–H and O–H groups in total. The van der Waals surface area contributed by atoms with Gasteiger partial charge in [-0.1, -0.05) is 6.92 Å². The van der Waals surface area contributed by atoms with Gasteiger partial charge in [0.2, 0.25) is 5.91 Å². The van der Waals surface area contributed by atoms with Crippen molar-refractivity contribution in [3.8, 4) is 0 Å². The number of hydrogen-bond acceptors (Lipinski definition) is 4. The summed E-state index contributed by atoms with van der Waals surface area (Å²) in [5.74, 6) is 1.45. The molecule has 2 aliphatic rings. The molecule has 2 heterocycles. The number of methoxy groups -OCH3 is 1. The van der Waals surface area contributed by atoms with Crippen molar-refractivity contribution in [1.29, 1.82) is 0 Å². The molecule has 2 saturated heterocycles. The van der Waals surface area contributed by atoms with Crippen LogP contribution < -0.4 is 5.32 Å². The van der Waals surface area contributed by atoms with E-state index in [1.165, 1.54) is 12.8 Å². The van der Waals surface area contributed by atoms with Crippen LogP contribution in [-0.4, -0.2) is 63.4 Å². The highest BCUT2D eigenvalue weighted by molar-refractivity contribution is 5.85. The summed E-state index contributed by atoms with van der Waals surface area (Å²) in [6, 6.07) is 0. The number of nitrogens with one attached hydrogen (secondary N) is 1. The highest BCUT2D eigenvalue weighted by atomic mass is 35.5. The smallest absolute Gasteiger partial charge is 0.223 e. The van der Waals surface area contributed by atoms with Crippen LogP contribution in [-0.2, 0) is 14.3 Å². The van der Waals surface area contributed by atoms with E-state index in [1.807, 2.05) is 4.90 Å². The van der Waals surface area contributed by atoms with Gasteiger partial charge in [0, 0.05) is 26.6 Å². The average Bonchev–Trinajstić information content (AvgIpc) is 2.48. The second kappa shape index (κ2) is 9.62. The molecule has 2 rings (SSSR count). The fourth-order valence-electron chi connectivity index (χ4n) is 3.22. The van der Waals surface area contributed by atoms with Gasteiger partial charge in [-0.05, 0) is 37.8 Å².